The van der Waals surface area contributed by atoms with E-state index in [0.717, 1.165) is 18.7 Å². The first-order valence-corrected chi connectivity index (χ1v) is 7.94. The molecule has 0 saturated heterocycles. The fourth-order valence-corrected chi connectivity index (χ4v) is 2.79. The minimum atomic E-state index is -1.16. The van der Waals surface area contributed by atoms with Gasteiger partial charge in [0, 0.05) is 21.7 Å². The van der Waals surface area contributed by atoms with Gasteiger partial charge in [-0.2, -0.15) is 6.20 Å². The molecule has 0 aromatic heterocycles. The zero-order valence-electron chi connectivity index (χ0n) is 11.2. The van der Waals surface area contributed by atoms with Crippen LogP contribution in [0.3, 0.4) is 0 Å². The minimum absolute atomic E-state index is 0.600. The van der Waals surface area contributed by atoms with Gasteiger partial charge in [-0.25, -0.2) is 0 Å². The van der Waals surface area contributed by atoms with Gasteiger partial charge >= 0.3 is 0 Å². The summed E-state index contributed by atoms with van der Waals surface area (Å²) in [5.74, 6) is 0. The van der Waals surface area contributed by atoms with Crippen molar-refractivity contribution in [1.82, 2.24) is 4.90 Å². The van der Waals surface area contributed by atoms with Gasteiger partial charge in [0.2, 0.25) is 0 Å². The molecule has 0 saturated carbocycles. The lowest BCUT2D eigenvalue weighted by atomic mass is 10.2. The Balaban J connectivity index is 2.01. The molecule has 0 radical (unpaired) electrons. The van der Waals surface area contributed by atoms with E-state index in [4.69, 9.17) is 0 Å². The van der Waals surface area contributed by atoms with Crippen LogP contribution in [-0.4, -0.2) is 20.8 Å². The van der Waals surface area contributed by atoms with Crippen LogP contribution >= 0.6 is 0 Å². The number of unbranched alkanes of at least 4 members (excludes halogenated alkanes) is 3. The first-order chi connectivity index (χ1) is 9.31. The van der Waals surface area contributed by atoms with Crippen molar-refractivity contribution in [3.63, 3.8) is 0 Å². The van der Waals surface area contributed by atoms with Crippen LogP contribution < -0.4 is 0 Å². The number of aliphatic imine (C=N–C) groups is 1. The SMILES string of the molecule is CCCCCCN1[C-]=CS(=O)C1=Nc1ccccc1. The Kier molecular flexibility index (Phi) is 5.33. The van der Waals surface area contributed by atoms with Gasteiger partial charge in [-0.3, -0.25) is 4.21 Å². The molecule has 2 rings (SSSR count). The molecule has 0 bridgehead atoms. The van der Waals surface area contributed by atoms with Crippen molar-refractivity contribution in [3.05, 3.63) is 41.9 Å². The van der Waals surface area contributed by atoms with E-state index in [0.29, 0.717) is 5.17 Å². The molecule has 1 unspecified atom stereocenters. The molecule has 102 valence electrons. The van der Waals surface area contributed by atoms with E-state index in [2.05, 4.69) is 18.1 Å². The summed E-state index contributed by atoms with van der Waals surface area (Å²) in [6.07, 6.45) is 7.77. The molecule has 3 nitrogen and oxygen atoms in total. The van der Waals surface area contributed by atoms with E-state index in [1.807, 2.05) is 35.2 Å². The third-order valence-electron chi connectivity index (χ3n) is 2.94. The average Bonchev–Trinajstić information content (AvgIpc) is 2.78. The number of hydrogen-bond acceptors (Lipinski definition) is 2. The largest absolute Gasteiger partial charge is 0.488 e. The quantitative estimate of drug-likeness (QED) is 0.587. The van der Waals surface area contributed by atoms with Gasteiger partial charge in [0.05, 0.1) is 0 Å². The van der Waals surface area contributed by atoms with E-state index in [-0.39, 0.29) is 0 Å². The molecule has 1 aliphatic heterocycles. The monoisotopic (exact) mass is 275 g/mol. The summed E-state index contributed by atoms with van der Waals surface area (Å²) in [4.78, 5) is 6.36. The van der Waals surface area contributed by atoms with E-state index >= 15 is 0 Å². The Labute approximate surface area is 117 Å². The molecule has 1 aromatic carbocycles. The molecule has 1 aromatic rings. The van der Waals surface area contributed by atoms with E-state index in [9.17, 15) is 4.21 Å². The highest BCUT2D eigenvalue weighted by Crippen LogP contribution is 2.17. The highest BCUT2D eigenvalue weighted by Gasteiger charge is 2.08. The number of nitrogens with zero attached hydrogens (tertiary/aromatic N) is 2. The summed E-state index contributed by atoms with van der Waals surface area (Å²) in [6, 6.07) is 9.64. The van der Waals surface area contributed by atoms with E-state index in [1.54, 1.807) is 5.41 Å². The normalized spacial score (nSPS) is 20.4. The molecule has 0 N–H and O–H groups in total. The van der Waals surface area contributed by atoms with Crippen molar-refractivity contribution in [3.8, 4) is 0 Å². The number of amidine groups is 1. The predicted molar refractivity (Wildman–Crippen MR) is 80.3 cm³/mol. The van der Waals surface area contributed by atoms with Crippen LogP contribution in [0.5, 0.6) is 0 Å². The molecule has 1 aliphatic rings. The Bertz CT molecular complexity index is 482. The van der Waals surface area contributed by atoms with Crippen molar-refractivity contribution in [1.29, 1.82) is 0 Å². The average molecular weight is 275 g/mol. The summed E-state index contributed by atoms with van der Waals surface area (Å²) in [5, 5.41) is 2.18. The lowest BCUT2D eigenvalue weighted by Crippen LogP contribution is -2.25. The van der Waals surface area contributed by atoms with Crippen LogP contribution in [-0.2, 0) is 10.8 Å². The highest BCUT2D eigenvalue weighted by molar-refractivity contribution is 8.03. The highest BCUT2D eigenvalue weighted by atomic mass is 32.2. The van der Waals surface area contributed by atoms with Gasteiger partial charge in [0.15, 0.2) is 0 Å². The molecule has 4 heteroatoms. The van der Waals surface area contributed by atoms with Crippen LogP contribution in [0.1, 0.15) is 32.6 Å². The van der Waals surface area contributed by atoms with Crippen LogP contribution in [0, 0.1) is 6.20 Å². The summed E-state index contributed by atoms with van der Waals surface area (Å²) >= 11 is 0. The first kappa shape index (κ1) is 14.0. The van der Waals surface area contributed by atoms with Gasteiger partial charge in [-0.1, -0.05) is 49.8 Å². The Morgan fingerprint density at radius 3 is 2.74 bits per heavy atom. The second kappa shape index (κ2) is 7.24. The second-order valence-electron chi connectivity index (χ2n) is 4.49. The van der Waals surface area contributed by atoms with Crippen molar-refractivity contribution >= 4 is 21.7 Å². The van der Waals surface area contributed by atoms with Gasteiger partial charge in [-0.15, -0.1) is 0 Å². The van der Waals surface area contributed by atoms with Crippen LogP contribution in [0.15, 0.2) is 40.7 Å². The van der Waals surface area contributed by atoms with E-state index in [1.165, 1.54) is 19.3 Å². The van der Waals surface area contributed by atoms with Gasteiger partial charge in [0.25, 0.3) is 0 Å². The van der Waals surface area contributed by atoms with Crippen molar-refractivity contribution in [2.24, 2.45) is 4.99 Å². The fraction of sp³-hybridized carbons (Fsp3) is 0.400. The Hall–Kier alpha value is -1.42. The standard InChI is InChI=1S/C15H19N2OS/c1-2-3-4-8-11-17-12-13-19(18)15(17)16-14-9-6-5-7-10-14/h5-7,9-10,13H,2-4,8,11H2,1H3/q-1. The summed E-state index contributed by atoms with van der Waals surface area (Å²) < 4.78 is 11.9. The minimum Gasteiger partial charge on any atom is -0.488 e. The lowest BCUT2D eigenvalue weighted by Gasteiger charge is -2.27. The smallest absolute Gasteiger partial charge is 0.0489 e. The molecule has 0 fully saturated rings. The number of para-hydroxylation sites is 1. The maximum atomic E-state index is 11.9. The molecule has 0 aliphatic carbocycles. The predicted octanol–water partition coefficient (Wildman–Crippen LogP) is 3.59. The van der Waals surface area contributed by atoms with Crippen LogP contribution in [0.4, 0.5) is 5.69 Å². The number of rotatable bonds is 6. The zero-order chi connectivity index (χ0) is 13.5. The zero-order valence-corrected chi connectivity index (χ0v) is 12.0. The maximum absolute atomic E-state index is 11.9. The Morgan fingerprint density at radius 1 is 1.21 bits per heavy atom. The third-order valence-corrected chi connectivity index (χ3v) is 3.93. The van der Waals surface area contributed by atoms with Gasteiger partial charge < -0.3 is 9.89 Å². The molecule has 1 atom stereocenters. The van der Waals surface area contributed by atoms with Crippen molar-refractivity contribution in [2.45, 2.75) is 32.6 Å². The van der Waals surface area contributed by atoms with Crippen molar-refractivity contribution in [2.75, 3.05) is 6.54 Å². The summed E-state index contributed by atoms with van der Waals surface area (Å²) in [7, 11) is -1.16. The van der Waals surface area contributed by atoms with Gasteiger partial charge in [0.1, 0.15) is 0 Å². The molecule has 19 heavy (non-hydrogen) atoms. The topological polar surface area (TPSA) is 32.7 Å². The number of benzene rings is 1. The molecule has 0 amide bonds. The molecule has 1 heterocycles. The maximum Gasteiger partial charge on any atom is 0.0489 e. The van der Waals surface area contributed by atoms with Crippen LogP contribution in [0.25, 0.3) is 0 Å². The summed E-state index contributed by atoms with van der Waals surface area (Å²) in [5.41, 5.74) is 0.835. The molecular formula is C15H19N2OS-. The second-order valence-corrected chi connectivity index (χ2v) is 5.68. The fourth-order valence-electron chi connectivity index (χ4n) is 1.90. The first-order valence-electron chi connectivity index (χ1n) is 6.72. The van der Waals surface area contributed by atoms with E-state index < -0.39 is 10.8 Å². The molecular weight excluding hydrogens is 256 g/mol. The van der Waals surface area contributed by atoms with Crippen LogP contribution in [0.2, 0.25) is 0 Å². The summed E-state index contributed by atoms with van der Waals surface area (Å²) in [6.45, 7) is 3.03. The van der Waals surface area contributed by atoms with Crippen molar-refractivity contribution < 1.29 is 4.21 Å². The number of hydrogen-bond donors (Lipinski definition) is 0. The lowest BCUT2D eigenvalue weighted by molar-refractivity contribution is 0.503. The molecule has 0 spiro atoms. The van der Waals surface area contributed by atoms with Gasteiger partial charge in [-0.05, 0) is 25.1 Å². The Morgan fingerprint density at radius 2 is 2.00 bits per heavy atom. The third kappa shape index (κ3) is 4.03.